The molecule has 3 N–H and O–H groups in total. The molecule has 0 saturated carbocycles. The zero-order chi connectivity index (χ0) is 13.2. The number of hydrogen-bond acceptors (Lipinski definition) is 4. The van der Waals surface area contributed by atoms with E-state index >= 15 is 0 Å². The van der Waals surface area contributed by atoms with Crippen molar-refractivity contribution in [2.24, 2.45) is 0 Å². The lowest BCUT2D eigenvalue weighted by atomic mass is 10.3. The van der Waals surface area contributed by atoms with Crippen molar-refractivity contribution in [3.63, 3.8) is 0 Å². The van der Waals surface area contributed by atoms with Gasteiger partial charge in [0.15, 0.2) is 0 Å². The maximum absolute atomic E-state index is 12.0. The standard InChI is InChI=1S/C11H10ClN3O2S/c12-8-1-3-9(4-2-8)15-18(16,17)10-5-6-11(13)14-7-10/h1-7,15H,(H2,13,14). The fourth-order valence-corrected chi connectivity index (χ4v) is 2.41. The molecule has 0 aliphatic carbocycles. The van der Waals surface area contributed by atoms with Gasteiger partial charge in [0, 0.05) is 16.9 Å². The Kier molecular flexibility index (Phi) is 3.40. The summed E-state index contributed by atoms with van der Waals surface area (Å²) in [4.78, 5) is 3.79. The first-order valence-electron chi connectivity index (χ1n) is 4.97. The number of benzene rings is 1. The fraction of sp³-hybridized carbons (Fsp3) is 0. The largest absolute Gasteiger partial charge is 0.384 e. The average Bonchev–Trinajstić information content (AvgIpc) is 2.32. The number of nitrogen functional groups attached to an aromatic ring is 1. The maximum Gasteiger partial charge on any atom is 0.263 e. The van der Waals surface area contributed by atoms with Crippen molar-refractivity contribution in [3.05, 3.63) is 47.6 Å². The van der Waals surface area contributed by atoms with E-state index in [0.29, 0.717) is 10.7 Å². The Hall–Kier alpha value is -1.79. The quantitative estimate of drug-likeness (QED) is 0.903. The second kappa shape index (κ2) is 4.83. The summed E-state index contributed by atoms with van der Waals surface area (Å²) in [5.74, 6) is 0.264. The number of aromatic nitrogens is 1. The molecule has 0 fully saturated rings. The minimum Gasteiger partial charge on any atom is -0.384 e. The van der Waals surface area contributed by atoms with E-state index in [1.807, 2.05) is 0 Å². The van der Waals surface area contributed by atoms with Crippen molar-refractivity contribution >= 4 is 33.1 Å². The van der Waals surface area contributed by atoms with Crippen LogP contribution < -0.4 is 10.5 Å². The number of halogens is 1. The first kappa shape index (κ1) is 12.7. The van der Waals surface area contributed by atoms with Crippen LogP contribution >= 0.6 is 11.6 Å². The highest BCUT2D eigenvalue weighted by Gasteiger charge is 2.14. The van der Waals surface area contributed by atoms with Crippen molar-refractivity contribution in [3.8, 4) is 0 Å². The van der Waals surface area contributed by atoms with Crippen LogP contribution in [0.3, 0.4) is 0 Å². The Labute approximate surface area is 110 Å². The Bertz CT molecular complexity index is 639. The molecule has 0 atom stereocenters. The van der Waals surface area contributed by atoms with Crippen LogP contribution in [-0.4, -0.2) is 13.4 Å². The Morgan fingerprint density at radius 3 is 2.33 bits per heavy atom. The third-order valence-corrected chi connectivity index (χ3v) is 3.78. The number of nitrogens with one attached hydrogen (secondary N) is 1. The second-order valence-corrected chi connectivity index (χ2v) is 5.65. The van der Waals surface area contributed by atoms with Gasteiger partial charge >= 0.3 is 0 Å². The molecule has 0 amide bonds. The molecular weight excluding hydrogens is 274 g/mol. The summed E-state index contributed by atoms with van der Waals surface area (Å²) in [5.41, 5.74) is 5.83. The summed E-state index contributed by atoms with van der Waals surface area (Å²) in [6, 6.07) is 9.16. The molecule has 1 aromatic heterocycles. The van der Waals surface area contributed by atoms with Crippen molar-refractivity contribution in [2.75, 3.05) is 10.5 Å². The van der Waals surface area contributed by atoms with Crippen LogP contribution in [0.5, 0.6) is 0 Å². The van der Waals surface area contributed by atoms with E-state index in [9.17, 15) is 8.42 Å². The topological polar surface area (TPSA) is 85.1 Å². The molecule has 7 heteroatoms. The van der Waals surface area contributed by atoms with E-state index in [1.165, 1.54) is 18.3 Å². The molecule has 0 radical (unpaired) electrons. The lowest BCUT2D eigenvalue weighted by Crippen LogP contribution is -2.13. The molecule has 0 saturated heterocycles. The third kappa shape index (κ3) is 2.91. The summed E-state index contributed by atoms with van der Waals surface area (Å²) < 4.78 is 26.4. The van der Waals surface area contributed by atoms with E-state index < -0.39 is 10.0 Å². The number of anilines is 2. The lowest BCUT2D eigenvalue weighted by Gasteiger charge is -2.07. The summed E-state index contributed by atoms with van der Waals surface area (Å²) in [5, 5.41) is 0.534. The highest BCUT2D eigenvalue weighted by Crippen LogP contribution is 2.18. The molecule has 2 aromatic rings. The predicted octanol–water partition coefficient (Wildman–Crippen LogP) is 2.12. The molecule has 0 aliphatic rings. The monoisotopic (exact) mass is 283 g/mol. The van der Waals surface area contributed by atoms with Crippen LogP contribution in [-0.2, 0) is 10.0 Å². The molecule has 1 heterocycles. The van der Waals surface area contributed by atoms with Gasteiger partial charge in [-0.05, 0) is 36.4 Å². The predicted molar refractivity (Wildman–Crippen MR) is 70.9 cm³/mol. The maximum atomic E-state index is 12.0. The molecule has 5 nitrogen and oxygen atoms in total. The van der Waals surface area contributed by atoms with E-state index in [2.05, 4.69) is 9.71 Å². The SMILES string of the molecule is Nc1ccc(S(=O)(=O)Nc2ccc(Cl)cc2)cn1. The van der Waals surface area contributed by atoms with Crippen LogP contribution in [0.15, 0.2) is 47.5 Å². The molecule has 0 bridgehead atoms. The number of nitrogens with two attached hydrogens (primary N) is 1. The van der Waals surface area contributed by atoms with Crippen molar-refractivity contribution in [1.82, 2.24) is 4.98 Å². The highest BCUT2D eigenvalue weighted by atomic mass is 35.5. The average molecular weight is 284 g/mol. The fourth-order valence-electron chi connectivity index (χ4n) is 1.28. The Morgan fingerprint density at radius 2 is 1.78 bits per heavy atom. The van der Waals surface area contributed by atoms with Gasteiger partial charge in [0.05, 0.1) is 0 Å². The minimum absolute atomic E-state index is 0.0478. The van der Waals surface area contributed by atoms with Crippen LogP contribution in [0, 0.1) is 0 Å². The Morgan fingerprint density at radius 1 is 1.11 bits per heavy atom. The minimum atomic E-state index is -3.65. The summed E-state index contributed by atoms with van der Waals surface area (Å²) in [6.07, 6.45) is 1.20. The van der Waals surface area contributed by atoms with Gasteiger partial charge in [0.25, 0.3) is 10.0 Å². The molecule has 94 valence electrons. The van der Waals surface area contributed by atoms with Crippen LogP contribution in [0.4, 0.5) is 11.5 Å². The van der Waals surface area contributed by atoms with Gasteiger partial charge in [-0.15, -0.1) is 0 Å². The number of rotatable bonds is 3. The van der Waals surface area contributed by atoms with Crippen LogP contribution in [0.1, 0.15) is 0 Å². The first-order chi connectivity index (χ1) is 8.47. The third-order valence-electron chi connectivity index (χ3n) is 2.17. The summed E-state index contributed by atoms with van der Waals surface area (Å²) in [6.45, 7) is 0. The highest BCUT2D eigenvalue weighted by molar-refractivity contribution is 7.92. The lowest BCUT2D eigenvalue weighted by molar-refractivity contribution is 0.601. The van der Waals surface area contributed by atoms with Gasteiger partial charge in [-0.25, -0.2) is 13.4 Å². The van der Waals surface area contributed by atoms with E-state index in [-0.39, 0.29) is 10.7 Å². The van der Waals surface area contributed by atoms with Gasteiger partial charge in [-0.2, -0.15) is 0 Å². The van der Waals surface area contributed by atoms with Crippen molar-refractivity contribution in [2.45, 2.75) is 4.90 Å². The van der Waals surface area contributed by atoms with Gasteiger partial charge in [-0.1, -0.05) is 11.6 Å². The summed E-state index contributed by atoms with van der Waals surface area (Å²) >= 11 is 5.72. The molecular formula is C11H10ClN3O2S. The van der Waals surface area contributed by atoms with Crippen LogP contribution in [0.2, 0.25) is 5.02 Å². The normalized spacial score (nSPS) is 11.2. The van der Waals surface area contributed by atoms with Crippen LogP contribution in [0.25, 0.3) is 0 Å². The molecule has 0 spiro atoms. The molecule has 0 aliphatic heterocycles. The molecule has 18 heavy (non-hydrogen) atoms. The number of sulfonamides is 1. The molecule has 1 aromatic carbocycles. The zero-order valence-electron chi connectivity index (χ0n) is 9.17. The van der Waals surface area contributed by atoms with Crippen molar-refractivity contribution in [1.29, 1.82) is 0 Å². The summed E-state index contributed by atoms with van der Waals surface area (Å²) in [7, 11) is -3.65. The number of nitrogens with zero attached hydrogens (tertiary/aromatic N) is 1. The van der Waals surface area contributed by atoms with E-state index in [0.717, 1.165) is 0 Å². The first-order valence-corrected chi connectivity index (χ1v) is 6.83. The zero-order valence-corrected chi connectivity index (χ0v) is 10.7. The van der Waals surface area contributed by atoms with Gasteiger partial charge in [-0.3, -0.25) is 4.72 Å². The van der Waals surface area contributed by atoms with Gasteiger partial charge < -0.3 is 5.73 Å². The second-order valence-electron chi connectivity index (χ2n) is 3.53. The molecule has 2 rings (SSSR count). The van der Waals surface area contributed by atoms with Crippen molar-refractivity contribution < 1.29 is 8.42 Å². The molecule has 0 unspecified atom stereocenters. The van der Waals surface area contributed by atoms with E-state index in [4.69, 9.17) is 17.3 Å². The smallest absolute Gasteiger partial charge is 0.263 e. The number of hydrogen-bond donors (Lipinski definition) is 2. The van der Waals surface area contributed by atoms with Gasteiger partial charge in [0.1, 0.15) is 10.7 Å². The Balaban J connectivity index is 2.27. The number of pyridine rings is 1. The van der Waals surface area contributed by atoms with E-state index in [1.54, 1.807) is 24.3 Å². The van der Waals surface area contributed by atoms with Gasteiger partial charge in [0.2, 0.25) is 0 Å².